The number of carbonyl (C=O) groups is 1. The van der Waals surface area contributed by atoms with E-state index in [1.54, 1.807) is 28.1 Å². The summed E-state index contributed by atoms with van der Waals surface area (Å²) in [6.07, 6.45) is 3.32. The molecule has 3 N–H and O–H groups in total. The first-order valence-corrected chi connectivity index (χ1v) is 17.6. The molecule has 0 aliphatic carbocycles. The standard InChI is InChI=1S/C33H35ClN6O3S2/c1-18-28-26(37-36-18)17-44-15-20-13-21(40(3)38-20)16-45-22-12-19-6-4-10-35-30(19)27(14-22)43-11-5-7-23-24-8-9-25(34)29(28)31(24)39(2)32(23)33(41)42/h8-9,12-14,35H,4-7,10-11,15-17H2,1-3H3,(H,36,37)(H,41,42). The number of thioether (sulfide) groups is 2. The Morgan fingerprint density at radius 1 is 1.09 bits per heavy atom. The lowest BCUT2D eigenvalue weighted by atomic mass is 9.98. The molecule has 5 aromatic rings. The molecule has 0 saturated heterocycles. The summed E-state index contributed by atoms with van der Waals surface area (Å²) >= 11 is 10.5. The zero-order valence-corrected chi connectivity index (χ0v) is 27.9. The molecular formula is C33H35ClN6O3S2. The smallest absolute Gasteiger partial charge is 0.352 e. The number of nitrogens with one attached hydrogen (secondary N) is 2. The van der Waals surface area contributed by atoms with Gasteiger partial charge in [0, 0.05) is 65.0 Å². The number of aromatic carboxylic acids is 1. The van der Waals surface area contributed by atoms with Crippen molar-refractivity contribution in [3.05, 3.63) is 75.0 Å². The molecule has 234 valence electrons. The van der Waals surface area contributed by atoms with Crippen molar-refractivity contribution in [2.45, 2.75) is 54.8 Å². The molecule has 7 rings (SSSR count). The number of ether oxygens (including phenoxy) is 1. The van der Waals surface area contributed by atoms with Crippen molar-refractivity contribution in [2.75, 3.05) is 18.5 Å². The van der Waals surface area contributed by atoms with Crippen LogP contribution in [0.4, 0.5) is 5.69 Å². The Morgan fingerprint density at radius 2 is 1.96 bits per heavy atom. The first-order chi connectivity index (χ1) is 21.8. The highest BCUT2D eigenvalue weighted by Gasteiger charge is 2.27. The minimum atomic E-state index is -0.960. The molecule has 12 heteroatoms. The topological polar surface area (TPSA) is 110 Å². The van der Waals surface area contributed by atoms with Gasteiger partial charge < -0.3 is 19.7 Å². The molecule has 0 spiro atoms. The van der Waals surface area contributed by atoms with Crippen LogP contribution in [-0.2, 0) is 44.2 Å². The Kier molecular flexibility index (Phi) is 8.26. The van der Waals surface area contributed by atoms with Crippen molar-refractivity contribution in [3.8, 4) is 16.9 Å². The van der Waals surface area contributed by atoms with E-state index in [-0.39, 0.29) is 5.69 Å². The summed E-state index contributed by atoms with van der Waals surface area (Å²) in [6, 6.07) is 10.4. The summed E-state index contributed by atoms with van der Waals surface area (Å²) in [5, 5.41) is 28.0. The van der Waals surface area contributed by atoms with Crippen molar-refractivity contribution >= 4 is 57.7 Å². The molecule has 0 amide bonds. The molecule has 9 nitrogen and oxygen atoms in total. The van der Waals surface area contributed by atoms with Gasteiger partial charge in [-0.25, -0.2) is 4.79 Å². The van der Waals surface area contributed by atoms with Crippen LogP contribution >= 0.6 is 35.1 Å². The maximum Gasteiger partial charge on any atom is 0.352 e. The zero-order chi connectivity index (χ0) is 31.2. The van der Waals surface area contributed by atoms with Gasteiger partial charge in [-0.05, 0) is 68.0 Å². The minimum Gasteiger partial charge on any atom is -0.491 e. The molecule has 0 fully saturated rings. The van der Waals surface area contributed by atoms with Crippen LogP contribution in [-0.4, -0.2) is 48.8 Å². The van der Waals surface area contributed by atoms with Crippen LogP contribution in [0.3, 0.4) is 0 Å². The molecule has 0 saturated carbocycles. The van der Waals surface area contributed by atoms with Crippen molar-refractivity contribution in [2.24, 2.45) is 14.1 Å². The first-order valence-electron chi connectivity index (χ1n) is 15.1. The second-order valence-corrected chi connectivity index (χ2v) is 14.1. The lowest BCUT2D eigenvalue weighted by Crippen LogP contribution is -2.14. The number of carboxylic acids is 1. The highest BCUT2D eigenvalue weighted by atomic mass is 35.5. The number of halogens is 1. The number of aryl methyl sites for hydroxylation is 5. The van der Waals surface area contributed by atoms with Gasteiger partial charge in [0.2, 0.25) is 0 Å². The predicted molar refractivity (Wildman–Crippen MR) is 182 cm³/mol. The van der Waals surface area contributed by atoms with Gasteiger partial charge in [-0.2, -0.15) is 10.2 Å². The minimum absolute atomic E-state index is 0.274. The van der Waals surface area contributed by atoms with Crippen LogP contribution in [0.15, 0.2) is 35.2 Å². The van der Waals surface area contributed by atoms with Crippen LogP contribution in [0.2, 0.25) is 5.02 Å². The van der Waals surface area contributed by atoms with E-state index in [0.29, 0.717) is 30.2 Å². The summed E-state index contributed by atoms with van der Waals surface area (Å²) < 4.78 is 10.2. The van der Waals surface area contributed by atoms with E-state index in [4.69, 9.17) is 21.4 Å². The predicted octanol–water partition coefficient (Wildman–Crippen LogP) is 7.37. The number of hydrogen-bond acceptors (Lipinski definition) is 7. The molecular weight excluding hydrogens is 628 g/mol. The maximum atomic E-state index is 12.7. The number of nitrogens with zero attached hydrogens (tertiary/aromatic N) is 4. The van der Waals surface area contributed by atoms with E-state index in [1.165, 1.54) is 16.2 Å². The van der Waals surface area contributed by atoms with Crippen LogP contribution in [0.5, 0.6) is 5.75 Å². The average Bonchev–Trinajstić information content (AvgIpc) is 3.66. The molecule has 5 heterocycles. The fourth-order valence-electron chi connectivity index (χ4n) is 6.64. The largest absolute Gasteiger partial charge is 0.491 e. The number of benzene rings is 2. The van der Waals surface area contributed by atoms with Gasteiger partial charge in [-0.1, -0.05) is 17.7 Å². The molecule has 0 unspecified atom stereocenters. The zero-order valence-electron chi connectivity index (χ0n) is 25.5. The van der Waals surface area contributed by atoms with Crippen molar-refractivity contribution in [1.29, 1.82) is 0 Å². The van der Waals surface area contributed by atoms with Crippen molar-refractivity contribution in [1.82, 2.24) is 24.5 Å². The van der Waals surface area contributed by atoms with Gasteiger partial charge in [0.1, 0.15) is 11.4 Å². The molecule has 2 aliphatic heterocycles. The second-order valence-electron chi connectivity index (χ2n) is 11.6. The van der Waals surface area contributed by atoms with E-state index in [9.17, 15) is 9.90 Å². The molecule has 3 aromatic heterocycles. The third kappa shape index (κ3) is 5.59. The quantitative estimate of drug-likeness (QED) is 0.171. The Balaban J connectivity index is 1.33. The average molecular weight is 663 g/mol. The van der Waals surface area contributed by atoms with Crippen molar-refractivity contribution in [3.63, 3.8) is 0 Å². The molecule has 8 bridgehead atoms. The molecule has 2 aromatic carbocycles. The number of rotatable bonds is 1. The van der Waals surface area contributed by atoms with Crippen LogP contribution in [0.25, 0.3) is 22.0 Å². The second kappa shape index (κ2) is 12.3. The summed E-state index contributed by atoms with van der Waals surface area (Å²) in [6.45, 7) is 3.35. The maximum absolute atomic E-state index is 12.7. The summed E-state index contributed by atoms with van der Waals surface area (Å²) in [4.78, 5) is 13.8. The highest BCUT2D eigenvalue weighted by molar-refractivity contribution is 7.98. The van der Waals surface area contributed by atoms with Crippen molar-refractivity contribution < 1.29 is 14.6 Å². The van der Waals surface area contributed by atoms with E-state index < -0.39 is 5.97 Å². The van der Waals surface area contributed by atoms with E-state index in [2.05, 4.69) is 33.7 Å². The molecule has 0 radical (unpaired) electrons. The van der Waals surface area contributed by atoms with Gasteiger partial charge >= 0.3 is 5.97 Å². The lowest BCUT2D eigenvalue weighted by Gasteiger charge is -2.22. The number of aromatic nitrogens is 5. The number of aromatic amines is 1. The van der Waals surface area contributed by atoms with Crippen LogP contribution in [0.1, 0.15) is 57.2 Å². The highest BCUT2D eigenvalue weighted by Crippen LogP contribution is 2.43. The monoisotopic (exact) mass is 662 g/mol. The van der Waals surface area contributed by atoms with Crippen LogP contribution < -0.4 is 10.1 Å². The van der Waals surface area contributed by atoms with E-state index in [1.807, 2.05) is 37.8 Å². The number of hydrogen-bond donors (Lipinski definition) is 3. The number of fused-ring (bicyclic) bond motifs is 8. The third-order valence-corrected chi connectivity index (χ3v) is 11.0. The Bertz CT molecular complexity index is 1940. The number of H-pyrrole nitrogens is 1. The molecule has 2 aliphatic rings. The van der Waals surface area contributed by atoms with Crippen LogP contribution in [0, 0.1) is 6.92 Å². The van der Waals surface area contributed by atoms with Gasteiger partial charge in [-0.15, -0.1) is 23.5 Å². The van der Waals surface area contributed by atoms with E-state index in [0.717, 1.165) is 87.0 Å². The fourth-order valence-corrected chi connectivity index (χ4v) is 8.75. The SMILES string of the molecule is Cc1n[nH]c2c1-c1c(Cl)ccc3c(c(C(=O)O)n(C)c13)CCCOc1cc(cc3c1NCCC3)SCc1cc(nn1C)CSC2. The normalized spacial score (nSPS) is 15.6. The Hall–Kier alpha value is -3.54. The van der Waals surface area contributed by atoms with Gasteiger partial charge in [-0.3, -0.25) is 9.78 Å². The summed E-state index contributed by atoms with van der Waals surface area (Å²) in [7, 11) is 3.82. The first kappa shape index (κ1) is 30.1. The Morgan fingerprint density at radius 3 is 2.80 bits per heavy atom. The van der Waals surface area contributed by atoms with Gasteiger partial charge in [0.05, 0.1) is 39.9 Å². The molecule has 45 heavy (non-hydrogen) atoms. The number of anilines is 1. The number of carboxylic acid groups (broad SMARTS) is 1. The summed E-state index contributed by atoms with van der Waals surface area (Å²) in [5.41, 5.74) is 9.92. The van der Waals surface area contributed by atoms with Gasteiger partial charge in [0.15, 0.2) is 0 Å². The molecule has 0 atom stereocenters. The summed E-state index contributed by atoms with van der Waals surface area (Å²) in [5.74, 6) is 2.12. The Labute approximate surface area is 275 Å². The van der Waals surface area contributed by atoms with E-state index >= 15 is 0 Å². The third-order valence-electron chi connectivity index (χ3n) is 8.70. The fraction of sp³-hybridized carbons (Fsp3) is 0.364. The lowest BCUT2D eigenvalue weighted by molar-refractivity contribution is 0.0685. The van der Waals surface area contributed by atoms with Gasteiger partial charge in [0.25, 0.3) is 0 Å².